The van der Waals surface area contributed by atoms with E-state index in [1.165, 1.54) is 24.1 Å². The second kappa shape index (κ2) is 8.45. The van der Waals surface area contributed by atoms with E-state index in [9.17, 15) is 14.7 Å². The molecule has 3 rings (SSSR count). The zero-order valence-electron chi connectivity index (χ0n) is 16.2. The smallest absolute Gasteiger partial charge is 0.338 e. The van der Waals surface area contributed by atoms with E-state index in [2.05, 4.69) is 5.32 Å². The highest BCUT2D eigenvalue weighted by Gasteiger charge is 2.35. The van der Waals surface area contributed by atoms with E-state index in [0.717, 1.165) is 5.56 Å². The van der Waals surface area contributed by atoms with Crippen molar-refractivity contribution in [1.29, 1.82) is 0 Å². The number of urea groups is 1. The van der Waals surface area contributed by atoms with Gasteiger partial charge >= 0.3 is 12.0 Å². The number of nitrogens with one attached hydrogen (secondary N) is 1. The number of allylic oxidation sites excluding steroid dienone is 1. The lowest BCUT2D eigenvalue weighted by Gasteiger charge is -2.33. The Morgan fingerprint density at radius 3 is 2.62 bits per heavy atom. The van der Waals surface area contributed by atoms with Crippen molar-refractivity contribution in [3.63, 3.8) is 0 Å². The fraction of sp³-hybridized carbons (Fsp3) is 0.238. The van der Waals surface area contributed by atoms with Crippen LogP contribution in [0.2, 0.25) is 5.02 Å². The van der Waals surface area contributed by atoms with Gasteiger partial charge in [0.15, 0.2) is 11.5 Å². The predicted molar refractivity (Wildman–Crippen MR) is 108 cm³/mol. The summed E-state index contributed by atoms with van der Waals surface area (Å²) in [6.07, 6.45) is 0. The summed E-state index contributed by atoms with van der Waals surface area (Å²) in [4.78, 5) is 26.7. The van der Waals surface area contributed by atoms with Gasteiger partial charge in [0.2, 0.25) is 0 Å². The molecule has 7 nitrogen and oxygen atoms in total. The van der Waals surface area contributed by atoms with Crippen LogP contribution in [0.5, 0.6) is 11.5 Å². The average molecular weight is 417 g/mol. The molecule has 0 radical (unpaired) electrons. The van der Waals surface area contributed by atoms with Crippen molar-refractivity contribution in [1.82, 2.24) is 10.2 Å². The zero-order chi connectivity index (χ0) is 21.1. The molecule has 1 aliphatic rings. The first-order valence-corrected chi connectivity index (χ1v) is 9.23. The third kappa shape index (κ3) is 4.14. The summed E-state index contributed by atoms with van der Waals surface area (Å²) in [6.45, 7) is 1.77. The number of aromatic hydroxyl groups is 1. The van der Waals surface area contributed by atoms with Crippen LogP contribution >= 0.6 is 11.6 Å². The number of hydrogen-bond donors (Lipinski definition) is 2. The lowest BCUT2D eigenvalue weighted by molar-refractivity contribution is -0.141. The predicted octanol–water partition coefficient (Wildman–Crippen LogP) is 3.77. The summed E-state index contributed by atoms with van der Waals surface area (Å²) in [6, 6.07) is 11.1. The van der Waals surface area contributed by atoms with Crippen LogP contribution in [0.25, 0.3) is 0 Å². The normalized spacial score (nSPS) is 16.5. The molecule has 2 aromatic rings. The Labute approximate surface area is 173 Å². The Bertz CT molecular complexity index is 975. The summed E-state index contributed by atoms with van der Waals surface area (Å²) >= 11 is 6.10. The summed E-state index contributed by atoms with van der Waals surface area (Å²) in [5, 5.41) is 12.8. The van der Waals surface area contributed by atoms with Gasteiger partial charge in [-0.05, 0) is 30.2 Å². The van der Waals surface area contributed by atoms with Gasteiger partial charge in [-0.2, -0.15) is 0 Å². The average Bonchev–Trinajstić information content (AvgIpc) is 2.72. The highest BCUT2D eigenvalue weighted by molar-refractivity contribution is 6.32. The van der Waals surface area contributed by atoms with Crippen LogP contribution in [-0.4, -0.2) is 36.2 Å². The molecule has 0 aromatic heterocycles. The van der Waals surface area contributed by atoms with E-state index in [-0.39, 0.29) is 34.7 Å². The highest BCUT2D eigenvalue weighted by atomic mass is 35.5. The van der Waals surface area contributed by atoms with Crippen LogP contribution < -0.4 is 10.1 Å². The van der Waals surface area contributed by atoms with Crippen LogP contribution in [-0.2, 0) is 16.1 Å². The molecule has 2 amide bonds. The Morgan fingerprint density at radius 1 is 1.28 bits per heavy atom. The number of amides is 2. The van der Waals surface area contributed by atoms with E-state index >= 15 is 0 Å². The van der Waals surface area contributed by atoms with Crippen molar-refractivity contribution in [2.45, 2.75) is 19.6 Å². The summed E-state index contributed by atoms with van der Waals surface area (Å²) in [5.41, 5.74) is 2.06. The number of hydrogen-bond acceptors (Lipinski definition) is 5. The number of carbonyl (C=O) groups excluding carboxylic acids is 2. The lowest BCUT2D eigenvalue weighted by Crippen LogP contribution is -2.46. The summed E-state index contributed by atoms with van der Waals surface area (Å²) < 4.78 is 10.6. The van der Waals surface area contributed by atoms with Gasteiger partial charge in [0.25, 0.3) is 0 Å². The molecule has 0 saturated heterocycles. The molecule has 0 aliphatic carbocycles. The molecule has 29 heavy (non-hydrogen) atoms. The molecular formula is C21H21ClN2O5. The molecule has 0 unspecified atom stereocenters. The van der Waals surface area contributed by atoms with Crippen molar-refractivity contribution in [2.24, 2.45) is 0 Å². The molecule has 1 aliphatic heterocycles. The molecule has 8 heteroatoms. The minimum Gasteiger partial charge on any atom is -0.503 e. The summed E-state index contributed by atoms with van der Waals surface area (Å²) in [5.74, 6) is -0.646. The van der Waals surface area contributed by atoms with E-state index in [0.29, 0.717) is 11.3 Å². The molecule has 0 fully saturated rings. The zero-order valence-corrected chi connectivity index (χ0v) is 17.0. The van der Waals surface area contributed by atoms with Crippen LogP contribution in [0.4, 0.5) is 4.79 Å². The van der Waals surface area contributed by atoms with Crippen LogP contribution in [0.3, 0.4) is 0 Å². The number of benzene rings is 2. The number of methoxy groups -OCH3 is 1. The number of ether oxygens (including phenoxy) is 2. The Morgan fingerprint density at radius 2 is 1.97 bits per heavy atom. The third-order valence-corrected chi connectivity index (χ3v) is 5.08. The number of esters is 1. The van der Waals surface area contributed by atoms with Crippen molar-refractivity contribution in [2.75, 3.05) is 14.2 Å². The molecule has 152 valence electrons. The van der Waals surface area contributed by atoms with Crippen molar-refractivity contribution in [3.05, 3.63) is 69.9 Å². The minimum atomic E-state index is -0.811. The molecule has 0 saturated carbocycles. The number of halogens is 1. The van der Waals surface area contributed by atoms with E-state index < -0.39 is 12.0 Å². The SMILES string of the molecule is COc1cc([C@@H]2NC(=O)N(C)C(C)=C2C(=O)OCc2ccccc2)cc(Cl)c1O. The Kier molecular flexibility index (Phi) is 5.98. The Hall–Kier alpha value is -3.19. The standard InChI is InChI=1S/C21H21ClN2O5/c1-12-17(20(26)29-11-13-7-5-4-6-8-13)18(23-21(27)24(12)2)14-9-15(22)19(25)16(10-14)28-3/h4-10,18,25H,11H2,1-3H3,(H,23,27)/t18-/m0/s1. The van der Waals surface area contributed by atoms with Gasteiger partial charge in [-0.15, -0.1) is 0 Å². The highest BCUT2D eigenvalue weighted by Crippen LogP contribution is 2.39. The molecule has 2 N–H and O–H groups in total. The quantitative estimate of drug-likeness (QED) is 0.724. The third-order valence-electron chi connectivity index (χ3n) is 4.79. The molecule has 0 spiro atoms. The second-order valence-corrected chi connectivity index (χ2v) is 6.96. The first-order chi connectivity index (χ1) is 13.8. The fourth-order valence-corrected chi connectivity index (χ4v) is 3.29. The van der Waals surface area contributed by atoms with Gasteiger partial charge in [-0.3, -0.25) is 0 Å². The van der Waals surface area contributed by atoms with Crippen LogP contribution in [0, 0.1) is 0 Å². The number of phenols is 1. The van der Waals surface area contributed by atoms with Gasteiger partial charge in [0.1, 0.15) is 6.61 Å². The molecule has 2 aromatic carbocycles. The van der Waals surface area contributed by atoms with Crippen molar-refractivity contribution < 1.29 is 24.2 Å². The fourth-order valence-electron chi connectivity index (χ4n) is 3.07. The van der Waals surface area contributed by atoms with Gasteiger partial charge in [-0.1, -0.05) is 41.9 Å². The topological polar surface area (TPSA) is 88.1 Å². The second-order valence-electron chi connectivity index (χ2n) is 6.56. The molecule has 0 bridgehead atoms. The van der Waals surface area contributed by atoms with E-state index in [4.69, 9.17) is 21.1 Å². The molecule has 1 atom stereocenters. The van der Waals surface area contributed by atoms with Gasteiger partial charge in [0, 0.05) is 12.7 Å². The number of phenolic OH excluding ortho intramolecular Hbond substituents is 1. The molecular weight excluding hydrogens is 396 g/mol. The minimum absolute atomic E-state index is 0.0437. The van der Waals surface area contributed by atoms with E-state index in [1.807, 2.05) is 30.3 Å². The number of nitrogens with zero attached hydrogens (tertiary/aromatic N) is 1. The first-order valence-electron chi connectivity index (χ1n) is 8.86. The maximum atomic E-state index is 13.0. The van der Waals surface area contributed by atoms with Gasteiger partial charge in [-0.25, -0.2) is 9.59 Å². The van der Waals surface area contributed by atoms with Crippen molar-refractivity contribution in [3.8, 4) is 11.5 Å². The van der Waals surface area contributed by atoms with Gasteiger partial charge in [0.05, 0.1) is 23.7 Å². The maximum Gasteiger partial charge on any atom is 0.338 e. The van der Waals surface area contributed by atoms with Gasteiger partial charge < -0.3 is 24.8 Å². The largest absolute Gasteiger partial charge is 0.503 e. The van der Waals surface area contributed by atoms with Crippen molar-refractivity contribution >= 4 is 23.6 Å². The van der Waals surface area contributed by atoms with E-state index in [1.54, 1.807) is 14.0 Å². The van der Waals surface area contributed by atoms with Crippen LogP contribution in [0.1, 0.15) is 24.1 Å². The first kappa shape index (κ1) is 20.5. The monoisotopic (exact) mass is 416 g/mol. The maximum absolute atomic E-state index is 13.0. The van der Waals surface area contributed by atoms with Crippen LogP contribution in [0.15, 0.2) is 53.7 Å². The summed E-state index contributed by atoms with van der Waals surface area (Å²) in [7, 11) is 2.95. The number of rotatable bonds is 5. The lowest BCUT2D eigenvalue weighted by atomic mass is 9.94. The molecule has 1 heterocycles. The number of carbonyl (C=O) groups is 2. The Balaban J connectivity index is 1.97.